The molecular weight excluding hydrogens is 271 g/mol. The van der Waals surface area contributed by atoms with Gasteiger partial charge in [-0.3, -0.25) is 10.1 Å². The summed E-state index contributed by atoms with van der Waals surface area (Å²) in [7, 11) is 0. The zero-order chi connectivity index (χ0) is 14.9. The van der Waals surface area contributed by atoms with Crippen molar-refractivity contribution in [1.29, 1.82) is 0 Å². The molecule has 2 rings (SSSR count). The Balaban J connectivity index is 2.29. The van der Waals surface area contributed by atoms with Gasteiger partial charge in [0, 0.05) is 24.1 Å². The standard InChI is InChI=1S/C12H13FN2O5/c13-8-4-9(14-5-12(6-16)1-2-12)10(15(19)20)3-7(8)11(17)18/h3-4,14,16H,1-2,5-6H2,(H,17,18). The van der Waals surface area contributed by atoms with Gasteiger partial charge in [-0.05, 0) is 12.8 Å². The van der Waals surface area contributed by atoms with Crippen LogP contribution in [-0.2, 0) is 0 Å². The fourth-order valence-electron chi connectivity index (χ4n) is 1.87. The van der Waals surface area contributed by atoms with E-state index in [0.717, 1.165) is 18.9 Å². The van der Waals surface area contributed by atoms with Crippen LogP contribution in [0.4, 0.5) is 15.8 Å². The van der Waals surface area contributed by atoms with Crippen molar-refractivity contribution in [2.24, 2.45) is 5.41 Å². The van der Waals surface area contributed by atoms with Gasteiger partial charge in [0.15, 0.2) is 0 Å². The lowest BCUT2D eigenvalue weighted by atomic mass is 10.1. The molecule has 3 N–H and O–H groups in total. The number of aliphatic hydroxyl groups is 1. The zero-order valence-corrected chi connectivity index (χ0v) is 10.4. The summed E-state index contributed by atoms with van der Waals surface area (Å²) in [6, 6.07) is 1.49. The molecule has 0 bridgehead atoms. The predicted molar refractivity (Wildman–Crippen MR) is 67.3 cm³/mol. The highest BCUT2D eigenvalue weighted by molar-refractivity contribution is 5.90. The van der Waals surface area contributed by atoms with Gasteiger partial charge in [0.25, 0.3) is 5.69 Å². The number of nitrogens with zero attached hydrogens (tertiary/aromatic N) is 1. The molecule has 0 radical (unpaired) electrons. The fraction of sp³-hybridized carbons (Fsp3) is 0.417. The molecule has 108 valence electrons. The van der Waals surface area contributed by atoms with E-state index in [1.54, 1.807) is 0 Å². The second-order valence-corrected chi connectivity index (χ2v) is 4.92. The number of hydrogen-bond acceptors (Lipinski definition) is 5. The Morgan fingerprint density at radius 3 is 2.60 bits per heavy atom. The molecule has 1 aliphatic carbocycles. The molecule has 0 heterocycles. The Bertz CT molecular complexity index is 571. The second kappa shape index (κ2) is 5.04. The minimum absolute atomic E-state index is 0.0521. The van der Waals surface area contributed by atoms with Gasteiger partial charge >= 0.3 is 5.97 Å². The normalized spacial score (nSPS) is 15.7. The minimum Gasteiger partial charge on any atom is -0.478 e. The summed E-state index contributed by atoms with van der Waals surface area (Å²) in [4.78, 5) is 20.9. The van der Waals surface area contributed by atoms with Gasteiger partial charge in [0.05, 0.1) is 11.5 Å². The molecule has 1 aromatic carbocycles. The highest BCUT2D eigenvalue weighted by Gasteiger charge is 2.42. The molecule has 1 aliphatic rings. The lowest BCUT2D eigenvalue weighted by Crippen LogP contribution is -2.20. The fourth-order valence-corrected chi connectivity index (χ4v) is 1.87. The number of benzene rings is 1. The number of carboxylic acid groups (broad SMARTS) is 1. The zero-order valence-electron chi connectivity index (χ0n) is 10.4. The van der Waals surface area contributed by atoms with Gasteiger partial charge < -0.3 is 15.5 Å². The van der Waals surface area contributed by atoms with Crippen LogP contribution in [0.15, 0.2) is 12.1 Å². The van der Waals surface area contributed by atoms with Crippen molar-refractivity contribution in [3.63, 3.8) is 0 Å². The van der Waals surface area contributed by atoms with Crippen LogP contribution in [-0.4, -0.2) is 34.3 Å². The maximum absolute atomic E-state index is 13.6. The molecule has 0 spiro atoms. The summed E-state index contributed by atoms with van der Waals surface area (Å²) in [5.41, 5.74) is -1.64. The first-order valence-corrected chi connectivity index (χ1v) is 5.94. The number of carbonyl (C=O) groups is 1. The number of hydrogen-bond donors (Lipinski definition) is 3. The molecule has 1 fully saturated rings. The van der Waals surface area contributed by atoms with Crippen LogP contribution in [0.5, 0.6) is 0 Å². The molecule has 7 nitrogen and oxygen atoms in total. The highest BCUT2D eigenvalue weighted by Crippen LogP contribution is 2.45. The van der Waals surface area contributed by atoms with Crippen LogP contribution in [0.1, 0.15) is 23.2 Å². The van der Waals surface area contributed by atoms with Gasteiger partial charge in [-0.15, -0.1) is 0 Å². The number of aromatic carboxylic acids is 1. The van der Waals surface area contributed by atoms with Gasteiger partial charge in [-0.2, -0.15) is 0 Å². The van der Waals surface area contributed by atoms with Crippen molar-refractivity contribution in [3.05, 3.63) is 33.6 Å². The van der Waals surface area contributed by atoms with Gasteiger partial charge in [-0.25, -0.2) is 9.18 Å². The average Bonchev–Trinajstić information content (AvgIpc) is 3.16. The number of carboxylic acids is 1. The summed E-state index contributed by atoms with van der Waals surface area (Å²) in [6.07, 6.45) is 1.58. The molecule has 0 amide bonds. The van der Waals surface area contributed by atoms with Crippen molar-refractivity contribution in [1.82, 2.24) is 0 Å². The molecule has 0 atom stereocenters. The maximum Gasteiger partial charge on any atom is 0.338 e. The van der Waals surface area contributed by atoms with Crippen LogP contribution in [0.25, 0.3) is 0 Å². The lowest BCUT2D eigenvalue weighted by molar-refractivity contribution is -0.384. The van der Waals surface area contributed by atoms with Crippen molar-refractivity contribution in [2.75, 3.05) is 18.5 Å². The lowest BCUT2D eigenvalue weighted by Gasteiger charge is -2.14. The Hall–Kier alpha value is -2.22. The maximum atomic E-state index is 13.6. The molecule has 8 heteroatoms. The van der Waals surface area contributed by atoms with E-state index in [1.165, 1.54) is 0 Å². The number of nitro benzene ring substituents is 1. The van der Waals surface area contributed by atoms with E-state index in [0.29, 0.717) is 6.07 Å². The number of halogens is 1. The Kier molecular flexibility index (Phi) is 3.58. The van der Waals surface area contributed by atoms with E-state index in [9.17, 15) is 19.3 Å². The van der Waals surface area contributed by atoms with Crippen molar-refractivity contribution in [3.8, 4) is 0 Å². The Morgan fingerprint density at radius 1 is 1.50 bits per heavy atom. The monoisotopic (exact) mass is 284 g/mol. The molecular formula is C12H13FN2O5. The molecule has 0 unspecified atom stereocenters. The summed E-state index contributed by atoms with van der Waals surface area (Å²) >= 11 is 0. The first-order chi connectivity index (χ1) is 9.38. The van der Waals surface area contributed by atoms with E-state index >= 15 is 0 Å². The van der Waals surface area contributed by atoms with Crippen molar-refractivity contribution < 1.29 is 24.3 Å². The summed E-state index contributed by atoms with van der Waals surface area (Å²) in [5, 5.41) is 31.6. The largest absolute Gasteiger partial charge is 0.478 e. The van der Waals surface area contributed by atoms with E-state index in [2.05, 4.69) is 5.32 Å². The first kappa shape index (κ1) is 14.2. The number of nitro groups is 1. The van der Waals surface area contributed by atoms with E-state index in [1.807, 2.05) is 0 Å². The third kappa shape index (κ3) is 2.69. The number of anilines is 1. The second-order valence-electron chi connectivity index (χ2n) is 4.92. The summed E-state index contributed by atoms with van der Waals surface area (Å²) in [6.45, 7) is 0.222. The Morgan fingerprint density at radius 2 is 2.15 bits per heavy atom. The molecule has 1 aromatic rings. The van der Waals surface area contributed by atoms with Crippen molar-refractivity contribution in [2.45, 2.75) is 12.8 Å². The molecule has 1 saturated carbocycles. The number of nitrogens with one attached hydrogen (secondary N) is 1. The van der Waals surface area contributed by atoms with Crippen molar-refractivity contribution >= 4 is 17.3 Å². The van der Waals surface area contributed by atoms with Gasteiger partial charge in [-0.1, -0.05) is 0 Å². The number of rotatable bonds is 6. The van der Waals surface area contributed by atoms with Crippen LogP contribution in [0.2, 0.25) is 0 Å². The SMILES string of the molecule is O=C(O)c1cc([N+](=O)[O-])c(NCC2(CO)CC2)cc1F. The quantitative estimate of drug-likeness (QED) is 0.540. The third-order valence-electron chi connectivity index (χ3n) is 3.46. The summed E-state index contributed by atoms with van der Waals surface area (Å²) < 4.78 is 13.6. The summed E-state index contributed by atoms with van der Waals surface area (Å²) in [5.74, 6) is -2.61. The van der Waals surface area contributed by atoms with Crippen LogP contribution in [0, 0.1) is 21.3 Å². The molecule has 0 aromatic heterocycles. The number of aliphatic hydroxyl groups excluding tert-OH is 1. The minimum atomic E-state index is -1.56. The van der Waals surface area contributed by atoms with Crippen LogP contribution >= 0.6 is 0 Å². The van der Waals surface area contributed by atoms with E-state index in [-0.39, 0.29) is 24.3 Å². The predicted octanol–water partition coefficient (Wildman–Crippen LogP) is 1.62. The molecule has 0 aliphatic heterocycles. The topological polar surface area (TPSA) is 113 Å². The highest BCUT2D eigenvalue weighted by atomic mass is 19.1. The smallest absolute Gasteiger partial charge is 0.338 e. The molecule has 0 saturated heterocycles. The van der Waals surface area contributed by atoms with Gasteiger partial charge in [0.1, 0.15) is 17.1 Å². The van der Waals surface area contributed by atoms with Gasteiger partial charge in [0.2, 0.25) is 0 Å². The molecule has 20 heavy (non-hydrogen) atoms. The Labute approximate surface area is 113 Å². The first-order valence-electron chi connectivity index (χ1n) is 5.94. The van der Waals surface area contributed by atoms with E-state index in [4.69, 9.17) is 10.2 Å². The third-order valence-corrected chi connectivity index (χ3v) is 3.46. The van der Waals surface area contributed by atoms with Crippen LogP contribution in [0.3, 0.4) is 0 Å². The van der Waals surface area contributed by atoms with E-state index < -0.39 is 28.0 Å². The van der Waals surface area contributed by atoms with Crippen LogP contribution < -0.4 is 5.32 Å². The average molecular weight is 284 g/mol.